The lowest BCUT2D eigenvalue weighted by Crippen LogP contribution is -2.14. The lowest BCUT2D eigenvalue weighted by atomic mass is 9.91. The van der Waals surface area contributed by atoms with Crippen LogP contribution in [-0.2, 0) is 14.4 Å². The van der Waals surface area contributed by atoms with Gasteiger partial charge in [0.25, 0.3) is 0 Å². The van der Waals surface area contributed by atoms with Crippen LogP contribution in [0.25, 0.3) is 0 Å². The molecule has 0 spiro atoms. The van der Waals surface area contributed by atoms with Gasteiger partial charge in [-0.15, -0.1) is 0 Å². The van der Waals surface area contributed by atoms with E-state index in [-0.39, 0.29) is 5.78 Å². The van der Waals surface area contributed by atoms with Gasteiger partial charge in [-0.25, -0.2) is 0 Å². The Morgan fingerprint density at radius 1 is 0.550 bits per heavy atom. The highest BCUT2D eigenvalue weighted by Gasteiger charge is 2.49. The molecule has 0 bridgehead atoms. The van der Waals surface area contributed by atoms with Crippen LogP contribution in [-0.4, -0.2) is 17.3 Å². The van der Waals surface area contributed by atoms with Gasteiger partial charge in [-0.3, -0.25) is 14.4 Å². The van der Waals surface area contributed by atoms with Gasteiger partial charge in [0.1, 0.15) is 11.8 Å². The first-order valence-corrected chi connectivity index (χ1v) is 6.42. The molecule has 0 unspecified atom stereocenters. The molecule has 3 heteroatoms. The van der Waals surface area contributed by atoms with Crippen LogP contribution in [0.4, 0.5) is 0 Å². The number of ketones is 3. The zero-order chi connectivity index (χ0) is 14.1. The summed E-state index contributed by atoms with van der Waals surface area (Å²) in [6.45, 7) is 0. The molecule has 0 aromatic heterocycles. The summed E-state index contributed by atoms with van der Waals surface area (Å²) < 4.78 is 0. The largest absolute Gasteiger partial charge is 0.297 e. The van der Waals surface area contributed by atoms with Crippen LogP contribution in [0, 0.1) is 0 Å². The third-order valence-corrected chi connectivity index (χ3v) is 3.60. The van der Waals surface area contributed by atoms with Crippen LogP contribution < -0.4 is 0 Å². The highest BCUT2D eigenvalue weighted by atomic mass is 16.2. The van der Waals surface area contributed by atoms with Crippen molar-refractivity contribution in [3.8, 4) is 0 Å². The number of benzene rings is 2. The topological polar surface area (TPSA) is 51.2 Å². The van der Waals surface area contributed by atoms with Crippen LogP contribution in [0.3, 0.4) is 0 Å². The van der Waals surface area contributed by atoms with Gasteiger partial charge in [0, 0.05) is 0 Å². The van der Waals surface area contributed by atoms with E-state index in [1.54, 1.807) is 48.5 Å². The molecule has 0 radical (unpaired) electrons. The van der Waals surface area contributed by atoms with Gasteiger partial charge in [0.15, 0.2) is 5.78 Å². The molecule has 0 N–H and O–H groups in total. The third kappa shape index (κ3) is 1.88. The SMILES string of the molecule is O=C1C(=O)[C@H](c2ccccc2)C(=O)[C@H]1c1ccccc1. The summed E-state index contributed by atoms with van der Waals surface area (Å²) in [6, 6.07) is 17.5. The van der Waals surface area contributed by atoms with Gasteiger partial charge < -0.3 is 0 Å². The minimum absolute atomic E-state index is 0.322. The van der Waals surface area contributed by atoms with Gasteiger partial charge in [-0.05, 0) is 11.1 Å². The van der Waals surface area contributed by atoms with Crippen molar-refractivity contribution < 1.29 is 14.4 Å². The summed E-state index contributed by atoms with van der Waals surface area (Å²) in [5, 5.41) is 0. The monoisotopic (exact) mass is 264 g/mol. The van der Waals surface area contributed by atoms with Crippen molar-refractivity contribution in [3.63, 3.8) is 0 Å². The van der Waals surface area contributed by atoms with E-state index in [1.807, 2.05) is 12.1 Å². The normalized spacial score (nSPS) is 22.3. The molecule has 3 nitrogen and oxygen atoms in total. The first-order chi connectivity index (χ1) is 9.70. The summed E-state index contributed by atoms with van der Waals surface area (Å²) >= 11 is 0. The maximum absolute atomic E-state index is 12.5. The zero-order valence-corrected chi connectivity index (χ0v) is 10.7. The lowest BCUT2D eigenvalue weighted by molar-refractivity contribution is -0.135. The second-order valence-corrected chi connectivity index (χ2v) is 4.82. The standard InChI is InChI=1S/C17H12O3/c18-15-13(11-7-3-1-4-8-11)16(19)17(20)14(15)12-9-5-2-6-10-12/h1-10,13-14H/t13-,14-/m1/s1. The van der Waals surface area contributed by atoms with E-state index < -0.39 is 23.4 Å². The van der Waals surface area contributed by atoms with Crippen LogP contribution >= 0.6 is 0 Å². The van der Waals surface area contributed by atoms with Crippen molar-refractivity contribution in [1.82, 2.24) is 0 Å². The van der Waals surface area contributed by atoms with Crippen molar-refractivity contribution in [2.75, 3.05) is 0 Å². The van der Waals surface area contributed by atoms with E-state index in [0.717, 1.165) is 0 Å². The summed E-state index contributed by atoms with van der Waals surface area (Å²) in [5.74, 6) is -3.43. The Morgan fingerprint density at radius 2 is 0.900 bits per heavy atom. The number of rotatable bonds is 2. The summed E-state index contributed by atoms with van der Waals surface area (Å²) in [5.41, 5.74) is 1.18. The average Bonchev–Trinajstić information content (AvgIpc) is 2.71. The number of hydrogen-bond acceptors (Lipinski definition) is 3. The van der Waals surface area contributed by atoms with Crippen molar-refractivity contribution in [1.29, 1.82) is 0 Å². The first kappa shape index (κ1) is 12.5. The predicted molar refractivity (Wildman–Crippen MR) is 73.4 cm³/mol. The Hall–Kier alpha value is -2.55. The minimum Gasteiger partial charge on any atom is -0.297 e. The van der Waals surface area contributed by atoms with Crippen molar-refractivity contribution in [2.24, 2.45) is 0 Å². The number of carbonyl (C=O) groups is 3. The second kappa shape index (κ2) is 4.85. The van der Waals surface area contributed by atoms with Crippen molar-refractivity contribution in [2.45, 2.75) is 11.8 Å². The highest BCUT2D eigenvalue weighted by Crippen LogP contribution is 2.35. The molecular formula is C17H12O3. The van der Waals surface area contributed by atoms with Crippen molar-refractivity contribution in [3.05, 3.63) is 71.8 Å². The van der Waals surface area contributed by atoms with E-state index in [9.17, 15) is 14.4 Å². The average molecular weight is 264 g/mol. The van der Waals surface area contributed by atoms with Gasteiger partial charge in [-0.2, -0.15) is 0 Å². The van der Waals surface area contributed by atoms with Gasteiger partial charge in [0.05, 0.1) is 0 Å². The molecule has 1 aliphatic carbocycles. The molecule has 1 saturated carbocycles. The first-order valence-electron chi connectivity index (χ1n) is 6.42. The Labute approximate surface area is 116 Å². The molecular weight excluding hydrogens is 252 g/mol. The lowest BCUT2D eigenvalue weighted by Gasteiger charge is -2.08. The smallest absolute Gasteiger partial charge is 0.214 e. The number of hydrogen-bond donors (Lipinski definition) is 0. The molecule has 20 heavy (non-hydrogen) atoms. The Balaban J connectivity index is 2.03. The molecule has 3 rings (SSSR count). The zero-order valence-electron chi connectivity index (χ0n) is 10.7. The maximum atomic E-state index is 12.5. The number of Topliss-reactive ketones (excluding diaryl/α,β-unsaturated/α-hetero) is 3. The molecule has 98 valence electrons. The fourth-order valence-electron chi connectivity index (χ4n) is 2.63. The van der Waals surface area contributed by atoms with E-state index in [1.165, 1.54) is 0 Å². The van der Waals surface area contributed by atoms with E-state index in [0.29, 0.717) is 11.1 Å². The molecule has 2 aromatic carbocycles. The van der Waals surface area contributed by atoms with Crippen LogP contribution in [0.15, 0.2) is 60.7 Å². The van der Waals surface area contributed by atoms with Gasteiger partial charge in [0.2, 0.25) is 11.6 Å². The van der Waals surface area contributed by atoms with Crippen LogP contribution in [0.2, 0.25) is 0 Å². The van der Waals surface area contributed by atoms with Crippen molar-refractivity contribution >= 4 is 17.3 Å². The number of carbonyl (C=O) groups excluding carboxylic acids is 3. The maximum Gasteiger partial charge on any atom is 0.214 e. The Kier molecular flexibility index (Phi) is 3.03. The minimum atomic E-state index is -0.950. The Morgan fingerprint density at radius 3 is 1.25 bits per heavy atom. The summed E-state index contributed by atoms with van der Waals surface area (Å²) in [4.78, 5) is 36.7. The van der Waals surface area contributed by atoms with E-state index in [2.05, 4.69) is 0 Å². The quantitative estimate of drug-likeness (QED) is 0.617. The van der Waals surface area contributed by atoms with Crippen LogP contribution in [0.1, 0.15) is 23.0 Å². The fourth-order valence-corrected chi connectivity index (χ4v) is 2.63. The predicted octanol–water partition coefficient (Wildman–Crippen LogP) is 2.27. The third-order valence-electron chi connectivity index (χ3n) is 3.60. The molecule has 0 amide bonds. The fraction of sp³-hybridized carbons (Fsp3) is 0.118. The summed E-state index contributed by atoms with van der Waals surface area (Å²) in [7, 11) is 0. The molecule has 0 saturated heterocycles. The molecule has 2 aromatic rings. The van der Waals surface area contributed by atoms with Gasteiger partial charge >= 0.3 is 0 Å². The van der Waals surface area contributed by atoms with E-state index in [4.69, 9.17) is 0 Å². The highest BCUT2D eigenvalue weighted by molar-refractivity contribution is 6.54. The molecule has 2 atom stereocenters. The summed E-state index contributed by atoms with van der Waals surface area (Å²) in [6.07, 6.45) is 0. The molecule has 0 heterocycles. The van der Waals surface area contributed by atoms with Crippen LogP contribution in [0.5, 0.6) is 0 Å². The van der Waals surface area contributed by atoms with Gasteiger partial charge in [-0.1, -0.05) is 60.7 Å². The Bertz CT molecular complexity index is 614. The molecule has 0 aliphatic heterocycles. The molecule has 1 aliphatic rings. The second-order valence-electron chi connectivity index (χ2n) is 4.82. The van der Waals surface area contributed by atoms with E-state index >= 15 is 0 Å². The molecule has 1 fully saturated rings.